The largest absolute Gasteiger partial charge is 0.465 e. The van der Waals surface area contributed by atoms with Crippen LogP contribution in [0.5, 0.6) is 0 Å². The number of hydrogen-bond donors (Lipinski definition) is 2. The van der Waals surface area contributed by atoms with Crippen molar-refractivity contribution in [1.29, 1.82) is 0 Å². The zero-order chi connectivity index (χ0) is 10.9. The average Bonchev–Trinajstić information content (AvgIpc) is 2.73. The van der Waals surface area contributed by atoms with Crippen molar-refractivity contribution in [2.24, 2.45) is 10.8 Å². The van der Waals surface area contributed by atoms with Gasteiger partial charge in [0.05, 0.1) is 5.60 Å². The van der Waals surface area contributed by atoms with Crippen LogP contribution in [0.25, 0.3) is 0 Å². The van der Waals surface area contributed by atoms with Crippen LogP contribution in [0.4, 0.5) is 4.79 Å². The molecule has 3 fully saturated rings. The van der Waals surface area contributed by atoms with Gasteiger partial charge in [-0.3, -0.25) is 0 Å². The van der Waals surface area contributed by atoms with E-state index in [0.717, 1.165) is 25.7 Å². The Bertz CT molecular complexity index is 321. The maximum absolute atomic E-state index is 10.6. The number of amides is 1. The Morgan fingerprint density at radius 3 is 2.20 bits per heavy atom. The van der Waals surface area contributed by atoms with Crippen molar-refractivity contribution in [2.45, 2.75) is 38.2 Å². The molecule has 0 radical (unpaired) electrons. The monoisotopic (exact) mass is 211 g/mol. The smallest absolute Gasteiger partial charge is 0.407 e. The third kappa shape index (κ3) is 1.08. The number of rotatable bonds is 1. The van der Waals surface area contributed by atoms with Gasteiger partial charge in [0.15, 0.2) is 0 Å². The zero-order valence-corrected chi connectivity index (χ0v) is 8.99. The lowest BCUT2D eigenvalue weighted by molar-refractivity contribution is -0.211. The van der Waals surface area contributed by atoms with Crippen molar-refractivity contribution in [3.05, 3.63) is 0 Å². The van der Waals surface area contributed by atoms with Gasteiger partial charge in [-0.2, -0.15) is 0 Å². The van der Waals surface area contributed by atoms with Crippen molar-refractivity contribution in [1.82, 2.24) is 4.90 Å². The number of carboxylic acid groups (broad SMARTS) is 1. The van der Waals surface area contributed by atoms with Crippen LogP contribution in [0.1, 0.15) is 32.6 Å². The zero-order valence-electron chi connectivity index (χ0n) is 8.99. The topological polar surface area (TPSA) is 60.8 Å². The van der Waals surface area contributed by atoms with Gasteiger partial charge in [-0.1, -0.05) is 6.92 Å². The maximum Gasteiger partial charge on any atom is 0.407 e. The summed E-state index contributed by atoms with van der Waals surface area (Å²) in [6.45, 7) is 3.40. The molecule has 0 aromatic carbocycles. The highest BCUT2D eigenvalue weighted by Crippen LogP contribution is 2.67. The van der Waals surface area contributed by atoms with Crippen molar-refractivity contribution >= 4 is 6.09 Å². The molecule has 1 spiro atoms. The molecular formula is C11H17NO3. The van der Waals surface area contributed by atoms with E-state index in [1.54, 1.807) is 0 Å². The molecule has 3 rings (SSSR count). The molecule has 3 aliphatic rings. The van der Waals surface area contributed by atoms with Gasteiger partial charge in [0.25, 0.3) is 0 Å². The molecule has 0 aromatic heterocycles. The fourth-order valence-electron chi connectivity index (χ4n) is 3.39. The molecule has 1 aliphatic heterocycles. The Kier molecular flexibility index (Phi) is 1.46. The predicted octanol–water partition coefficient (Wildman–Crippen LogP) is 1.29. The number of carbonyl (C=O) groups is 1. The van der Waals surface area contributed by atoms with E-state index >= 15 is 0 Å². The molecule has 0 aromatic rings. The summed E-state index contributed by atoms with van der Waals surface area (Å²) in [6.07, 6.45) is 3.04. The summed E-state index contributed by atoms with van der Waals surface area (Å²) < 4.78 is 0. The Labute approximate surface area is 88.9 Å². The van der Waals surface area contributed by atoms with Gasteiger partial charge in [-0.25, -0.2) is 4.79 Å². The lowest BCUT2D eigenvalue weighted by atomic mass is 9.51. The molecule has 0 bridgehead atoms. The molecule has 0 atom stereocenters. The van der Waals surface area contributed by atoms with Crippen LogP contribution in [-0.2, 0) is 0 Å². The third-order valence-corrected chi connectivity index (χ3v) is 4.78. The third-order valence-electron chi connectivity index (χ3n) is 4.78. The normalized spacial score (nSPS) is 33.1. The van der Waals surface area contributed by atoms with E-state index in [4.69, 9.17) is 5.11 Å². The molecular weight excluding hydrogens is 194 g/mol. The standard InChI is InChI=1S/C11H17NO3/c1-9(2-3-9)11(15)4-10(5-11)6-12(7-10)8(13)14/h15H,2-7H2,1H3,(H,13,14). The van der Waals surface area contributed by atoms with E-state index in [9.17, 15) is 9.90 Å². The number of likely N-dealkylation sites (tertiary alicyclic amines) is 1. The minimum atomic E-state index is -0.825. The van der Waals surface area contributed by atoms with Crippen LogP contribution in [-0.4, -0.2) is 39.9 Å². The highest BCUT2D eigenvalue weighted by molar-refractivity contribution is 5.66. The van der Waals surface area contributed by atoms with E-state index in [0.29, 0.717) is 13.1 Å². The Morgan fingerprint density at radius 1 is 1.27 bits per heavy atom. The van der Waals surface area contributed by atoms with Gasteiger partial charge in [-0.15, -0.1) is 0 Å². The van der Waals surface area contributed by atoms with Gasteiger partial charge in [0.1, 0.15) is 0 Å². The van der Waals surface area contributed by atoms with Crippen molar-refractivity contribution < 1.29 is 15.0 Å². The highest BCUT2D eigenvalue weighted by Gasteiger charge is 2.69. The fraction of sp³-hybridized carbons (Fsp3) is 0.909. The van der Waals surface area contributed by atoms with E-state index in [1.807, 2.05) is 0 Å². The SMILES string of the molecule is CC1(C2(O)CC3(CN(C(=O)O)C3)C2)CC1. The summed E-state index contributed by atoms with van der Waals surface area (Å²) in [7, 11) is 0. The first kappa shape index (κ1) is 9.46. The number of hydrogen-bond acceptors (Lipinski definition) is 2. The molecule has 1 amide bonds. The van der Waals surface area contributed by atoms with Crippen LogP contribution in [0.2, 0.25) is 0 Å². The minimum absolute atomic E-state index is 0.124. The van der Waals surface area contributed by atoms with Crippen LogP contribution < -0.4 is 0 Å². The van der Waals surface area contributed by atoms with Crippen LogP contribution >= 0.6 is 0 Å². The number of aliphatic hydroxyl groups is 1. The minimum Gasteiger partial charge on any atom is -0.465 e. The summed E-state index contributed by atoms with van der Waals surface area (Å²) in [6, 6.07) is 0. The van der Waals surface area contributed by atoms with E-state index in [-0.39, 0.29) is 10.8 Å². The highest BCUT2D eigenvalue weighted by atomic mass is 16.4. The average molecular weight is 211 g/mol. The molecule has 1 saturated heterocycles. The van der Waals surface area contributed by atoms with Gasteiger partial charge >= 0.3 is 6.09 Å². The number of nitrogens with zero attached hydrogens (tertiary/aromatic N) is 1. The molecule has 1 heterocycles. The Morgan fingerprint density at radius 2 is 1.80 bits per heavy atom. The lowest BCUT2D eigenvalue weighted by Crippen LogP contribution is -2.70. The summed E-state index contributed by atoms with van der Waals surface area (Å²) in [5.74, 6) is 0. The van der Waals surface area contributed by atoms with E-state index < -0.39 is 11.7 Å². The first-order valence-electron chi connectivity index (χ1n) is 5.59. The second-order valence-corrected chi connectivity index (χ2v) is 6.08. The fourth-order valence-corrected chi connectivity index (χ4v) is 3.39. The van der Waals surface area contributed by atoms with Gasteiger partial charge < -0.3 is 15.1 Å². The van der Waals surface area contributed by atoms with Crippen LogP contribution in [0.3, 0.4) is 0 Å². The van der Waals surface area contributed by atoms with Crippen molar-refractivity contribution in [3.63, 3.8) is 0 Å². The molecule has 2 N–H and O–H groups in total. The van der Waals surface area contributed by atoms with Crippen molar-refractivity contribution in [2.75, 3.05) is 13.1 Å². The Balaban J connectivity index is 1.61. The maximum atomic E-state index is 10.6. The lowest BCUT2D eigenvalue weighted by Gasteiger charge is -2.63. The van der Waals surface area contributed by atoms with Crippen LogP contribution in [0, 0.1) is 10.8 Å². The summed E-state index contributed by atoms with van der Waals surface area (Å²) in [5, 5.41) is 19.1. The van der Waals surface area contributed by atoms with Gasteiger partial charge in [-0.05, 0) is 31.1 Å². The summed E-state index contributed by atoms with van der Waals surface area (Å²) in [5.41, 5.74) is -0.224. The molecule has 4 heteroatoms. The predicted molar refractivity (Wildman–Crippen MR) is 53.6 cm³/mol. The molecule has 2 aliphatic carbocycles. The van der Waals surface area contributed by atoms with E-state index in [2.05, 4.69) is 6.92 Å². The Hall–Kier alpha value is -0.770. The van der Waals surface area contributed by atoms with E-state index in [1.165, 1.54) is 4.90 Å². The molecule has 15 heavy (non-hydrogen) atoms. The summed E-state index contributed by atoms with van der Waals surface area (Å²) in [4.78, 5) is 12.1. The molecule has 4 nitrogen and oxygen atoms in total. The van der Waals surface area contributed by atoms with Crippen LogP contribution in [0.15, 0.2) is 0 Å². The summed E-state index contributed by atoms with van der Waals surface area (Å²) >= 11 is 0. The van der Waals surface area contributed by atoms with Crippen molar-refractivity contribution in [3.8, 4) is 0 Å². The van der Waals surface area contributed by atoms with Gasteiger partial charge in [0.2, 0.25) is 0 Å². The quantitative estimate of drug-likeness (QED) is 0.687. The molecule has 2 saturated carbocycles. The molecule has 84 valence electrons. The van der Waals surface area contributed by atoms with Gasteiger partial charge in [0, 0.05) is 18.5 Å². The second kappa shape index (κ2) is 2.32. The first-order valence-corrected chi connectivity index (χ1v) is 5.59. The first-order chi connectivity index (χ1) is 6.88. The molecule has 0 unspecified atom stereocenters. The second-order valence-electron chi connectivity index (χ2n) is 6.08.